The van der Waals surface area contributed by atoms with Gasteiger partial charge in [-0.1, -0.05) is 128 Å². The molecule has 2 N–H and O–H groups in total. The van der Waals surface area contributed by atoms with Gasteiger partial charge < -0.3 is 5.73 Å². The molecule has 5 aromatic rings. The first kappa shape index (κ1) is 24.4. The minimum atomic E-state index is -0.678. The molecule has 5 aromatic carbocycles. The van der Waals surface area contributed by atoms with Gasteiger partial charge in [0.05, 0.1) is 11.5 Å². The smallest absolute Gasteiger partial charge is 0.112 e. The van der Waals surface area contributed by atoms with Crippen LogP contribution in [0.1, 0.15) is 27.8 Å². The van der Waals surface area contributed by atoms with Gasteiger partial charge in [0.1, 0.15) is 6.04 Å². The van der Waals surface area contributed by atoms with Crippen LogP contribution in [-0.4, -0.2) is 6.04 Å². The number of fused-ring (bicyclic) bond motifs is 3. The van der Waals surface area contributed by atoms with Gasteiger partial charge in [0.25, 0.3) is 0 Å². The maximum atomic E-state index is 9.18. The molecule has 0 spiro atoms. The zero-order valence-electron chi connectivity index (χ0n) is 21.6. The van der Waals surface area contributed by atoms with Gasteiger partial charge in [0.2, 0.25) is 0 Å². The van der Waals surface area contributed by atoms with E-state index in [0.29, 0.717) is 0 Å². The maximum absolute atomic E-state index is 9.18. The monoisotopic (exact) mass is 500 g/mol. The largest absolute Gasteiger partial charge is 0.313 e. The Morgan fingerprint density at radius 1 is 0.692 bits per heavy atom. The third-order valence-electron chi connectivity index (χ3n) is 7.72. The van der Waals surface area contributed by atoms with Gasteiger partial charge in [-0.2, -0.15) is 5.26 Å². The molecule has 0 amide bonds. The Labute approximate surface area is 230 Å². The summed E-state index contributed by atoms with van der Waals surface area (Å²) in [6.45, 7) is 3.94. The second kappa shape index (κ2) is 10.1. The molecule has 1 atom stereocenters. The first-order valence-electron chi connectivity index (χ1n) is 13.1. The lowest BCUT2D eigenvalue weighted by Gasteiger charge is -2.33. The highest BCUT2D eigenvalue weighted by molar-refractivity contribution is 5.89. The molecule has 0 heterocycles. The SMILES string of the molecule is C=C/C(=C\C(N)C#N)c1cccc(-c2ccc3c(c2)-c2ccccc2C3(c2ccccc2)c2ccccc2)c1. The highest BCUT2D eigenvalue weighted by atomic mass is 14.6. The molecule has 0 aliphatic heterocycles. The van der Waals surface area contributed by atoms with E-state index >= 15 is 0 Å². The molecule has 39 heavy (non-hydrogen) atoms. The Hall–Kier alpha value is -4.97. The Bertz CT molecular complexity index is 1700. The lowest BCUT2D eigenvalue weighted by Crippen LogP contribution is -2.28. The molecule has 0 saturated heterocycles. The van der Waals surface area contributed by atoms with Crippen LogP contribution in [0.25, 0.3) is 27.8 Å². The molecular formula is C37H28N2. The number of benzene rings is 5. The van der Waals surface area contributed by atoms with E-state index in [4.69, 9.17) is 5.73 Å². The van der Waals surface area contributed by atoms with Crippen LogP contribution in [-0.2, 0) is 5.41 Å². The highest BCUT2D eigenvalue weighted by Crippen LogP contribution is 2.56. The number of rotatable bonds is 6. The van der Waals surface area contributed by atoms with Crippen LogP contribution < -0.4 is 5.73 Å². The van der Waals surface area contributed by atoms with E-state index in [0.717, 1.165) is 22.3 Å². The zero-order valence-corrected chi connectivity index (χ0v) is 21.6. The summed E-state index contributed by atoms with van der Waals surface area (Å²) in [5.74, 6) is 0. The second-order valence-electron chi connectivity index (χ2n) is 9.85. The molecule has 2 nitrogen and oxygen atoms in total. The topological polar surface area (TPSA) is 49.8 Å². The standard InChI is InChI=1S/C37H28N2/c1-2-26(23-32(39)25-38)27-12-11-13-28(22-27)29-20-21-36-34(24-29)33-18-9-10-19-35(33)37(36,30-14-5-3-6-15-30)31-16-7-4-8-17-31/h2-24,32H,1,39H2/b26-23+. The molecule has 6 rings (SSSR count). The van der Waals surface area contributed by atoms with Crippen LogP contribution in [0.4, 0.5) is 0 Å². The molecule has 1 unspecified atom stereocenters. The van der Waals surface area contributed by atoms with E-state index in [1.807, 2.05) is 12.1 Å². The third-order valence-corrected chi connectivity index (χ3v) is 7.72. The minimum absolute atomic E-state index is 0.402. The first-order chi connectivity index (χ1) is 19.2. The molecule has 0 saturated carbocycles. The van der Waals surface area contributed by atoms with Crippen LogP contribution in [0, 0.1) is 11.3 Å². The van der Waals surface area contributed by atoms with Gasteiger partial charge in [0.15, 0.2) is 0 Å². The Morgan fingerprint density at radius 2 is 1.31 bits per heavy atom. The van der Waals surface area contributed by atoms with Crippen molar-refractivity contribution in [3.05, 3.63) is 174 Å². The fourth-order valence-electron chi connectivity index (χ4n) is 6.02. The van der Waals surface area contributed by atoms with Crippen molar-refractivity contribution in [2.24, 2.45) is 5.73 Å². The maximum Gasteiger partial charge on any atom is 0.112 e. The van der Waals surface area contributed by atoms with Crippen molar-refractivity contribution in [3.8, 4) is 28.3 Å². The van der Waals surface area contributed by atoms with Crippen molar-refractivity contribution >= 4 is 5.57 Å². The Kier molecular flexibility index (Phi) is 6.29. The molecular weight excluding hydrogens is 472 g/mol. The van der Waals surface area contributed by atoms with Crippen molar-refractivity contribution in [1.82, 2.24) is 0 Å². The normalized spacial score (nSPS) is 14.1. The van der Waals surface area contributed by atoms with Crippen LogP contribution in [0.2, 0.25) is 0 Å². The van der Waals surface area contributed by atoms with E-state index in [1.54, 1.807) is 12.2 Å². The van der Waals surface area contributed by atoms with Gasteiger partial charge in [-0.05, 0) is 73.9 Å². The highest BCUT2D eigenvalue weighted by Gasteiger charge is 2.45. The molecule has 1 aliphatic carbocycles. The average molecular weight is 501 g/mol. The van der Waals surface area contributed by atoms with Crippen molar-refractivity contribution in [1.29, 1.82) is 5.26 Å². The van der Waals surface area contributed by atoms with Crippen LogP contribution >= 0.6 is 0 Å². The summed E-state index contributed by atoms with van der Waals surface area (Å²) in [4.78, 5) is 0. The lowest BCUT2D eigenvalue weighted by molar-refractivity contribution is 0.768. The van der Waals surface area contributed by atoms with E-state index < -0.39 is 11.5 Å². The second-order valence-corrected chi connectivity index (χ2v) is 9.85. The summed E-state index contributed by atoms with van der Waals surface area (Å²) >= 11 is 0. The predicted molar refractivity (Wildman–Crippen MR) is 161 cm³/mol. The molecule has 1 aliphatic rings. The lowest BCUT2D eigenvalue weighted by atomic mass is 9.67. The molecule has 186 valence electrons. The first-order valence-corrected chi connectivity index (χ1v) is 13.1. The van der Waals surface area contributed by atoms with Crippen LogP contribution in [0.3, 0.4) is 0 Å². The van der Waals surface area contributed by atoms with Gasteiger partial charge in [0, 0.05) is 0 Å². The van der Waals surface area contributed by atoms with Gasteiger partial charge in [-0.3, -0.25) is 0 Å². The van der Waals surface area contributed by atoms with E-state index in [2.05, 4.69) is 128 Å². The molecule has 2 heteroatoms. The molecule has 0 radical (unpaired) electrons. The van der Waals surface area contributed by atoms with E-state index in [1.165, 1.54) is 33.4 Å². The van der Waals surface area contributed by atoms with Crippen molar-refractivity contribution in [2.45, 2.75) is 11.5 Å². The summed E-state index contributed by atoms with van der Waals surface area (Å²) in [7, 11) is 0. The minimum Gasteiger partial charge on any atom is -0.313 e. The van der Waals surface area contributed by atoms with Crippen molar-refractivity contribution in [3.63, 3.8) is 0 Å². The van der Waals surface area contributed by atoms with E-state index in [9.17, 15) is 5.26 Å². The summed E-state index contributed by atoms with van der Waals surface area (Å²) < 4.78 is 0. The fraction of sp³-hybridized carbons (Fsp3) is 0.0541. The fourth-order valence-corrected chi connectivity index (χ4v) is 6.02. The van der Waals surface area contributed by atoms with E-state index in [-0.39, 0.29) is 0 Å². The van der Waals surface area contributed by atoms with Gasteiger partial charge in [-0.25, -0.2) is 0 Å². The van der Waals surface area contributed by atoms with Crippen LogP contribution in [0.15, 0.2) is 146 Å². The summed E-state index contributed by atoms with van der Waals surface area (Å²) in [5, 5.41) is 9.18. The van der Waals surface area contributed by atoms with Crippen molar-refractivity contribution in [2.75, 3.05) is 0 Å². The predicted octanol–water partition coefficient (Wildman–Crippen LogP) is 8.14. The average Bonchev–Trinajstić information content (AvgIpc) is 3.31. The number of nitrogens with zero attached hydrogens (tertiary/aromatic N) is 1. The zero-order chi connectivity index (χ0) is 26.8. The van der Waals surface area contributed by atoms with Crippen LogP contribution in [0.5, 0.6) is 0 Å². The number of nitriles is 1. The summed E-state index contributed by atoms with van der Waals surface area (Å²) in [6, 6.07) is 47.0. The number of nitrogens with two attached hydrogens (primary N) is 1. The summed E-state index contributed by atoms with van der Waals surface area (Å²) in [5.41, 5.74) is 17.1. The quantitative estimate of drug-likeness (QED) is 0.235. The summed E-state index contributed by atoms with van der Waals surface area (Å²) in [6.07, 6.45) is 3.50. The number of hydrogen-bond donors (Lipinski definition) is 1. The molecule has 0 aromatic heterocycles. The Morgan fingerprint density at radius 3 is 1.97 bits per heavy atom. The molecule has 0 bridgehead atoms. The van der Waals surface area contributed by atoms with Gasteiger partial charge >= 0.3 is 0 Å². The Balaban J connectivity index is 1.57. The van der Waals surface area contributed by atoms with Gasteiger partial charge in [-0.15, -0.1) is 0 Å². The third kappa shape index (κ3) is 4.01. The number of hydrogen-bond acceptors (Lipinski definition) is 2. The van der Waals surface area contributed by atoms with Crippen molar-refractivity contribution < 1.29 is 0 Å². The number of allylic oxidation sites excluding steroid dienone is 2. The molecule has 0 fully saturated rings.